The molecule has 1 aliphatic rings. The van der Waals surface area contributed by atoms with E-state index in [1.165, 1.54) is 16.7 Å². The van der Waals surface area contributed by atoms with Gasteiger partial charge >= 0.3 is 0 Å². The summed E-state index contributed by atoms with van der Waals surface area (Å²) in [6, 6.07) is 17.0. The molecular weight excluding hydrogens is 513 g/mol. The largest absolute Gasteiger partial charge is 0.357 e. The number of nitrogens with zero attached hydrogens (tertiary/aromatic N) is 2. The third-order valence-corrected chi connectivity index (χ3v) is 5.79. The van der Waals surface area contributed by atoms with Crippen molar-refractivity contribution < 1.29 is 4.79 Å². The molecule has 0 aromatic heterocycles. The lowest BCUT2D eigenvalue weighted by atomic mass is 9.90. The minimum atomic E-state index is 0. The number of halogens is 1. The summed E-state index contributed by atoms with van der Waals surface area (Å²) in [6.45, 7) is 6.33. The number of anilines is 1. The number of benzene rings is 2. The van der Waals surface area contributed by atoms with E-state index in [2.05, 4.69) is 79.1 Å². The van der Waals surface area contributed by atoms with Crippen molar-refractivity contribution in [1.82, 2.24) is 15.5 Å². The van der Waals surface area contributed by atoms with E-state index in [-0.39, 0.29) is 41.8 Å². The average Bonchev–Trinajstić information content (AvgIpc) is 2.77. The summed E-state index contributed by atoms with van der Waals surface area (Å²) < 4.78 is 0. The minimum absolute atomic E-state index is 0. The molecule has 0 radical (unpaired) electrons. The number of aryl methyl sites for hydroxylation is 1. The number of carbonyl (C=O) groups is 1. The van der Waals surface area contributed by atoms with Gasteiger partial charge in [-0.3, -0.25) is 9.79 Å². The molecule has 2 aromatic carbocycles. The van der Waals surface area contributed by atoms with Gasteiger partial charge in [-0.25, -0.2) is 0 Å². The van der Waals surface area contributed by atoms with Crippen LogP contribution in [0.3, 0.4) is 0 Å². The molecular formula is C25H36IN5O. The van der Waals surface area contributed by atoms with Crippen LogP contribution in [0.25, 0.3) is 0 Å². The highest BCUT2D eigenvalue weighted by molar-refractivity contribution is 14.0. The van der Waals surface area contributed by atoms with Crippen LogP contribution in [0.4, 0.5) is 5.69 Å². The Morgan fingerprint density at radius 1 is 1.12 bits per heavy atom. The van der Waals surface area contributed by atoms with E-state index in [4.69, 9.17) is 4.99 Å². The first-order chi connectivity index (χ1) is 15.0. The lowest BCUT2D eigenvalue weighted by Gasteiger charge is -2.27. The van der Waals surface area contributed by atoms with Crippen molar-refractivity contribution in [2.45, 2.75) is 38.6 Å². The van der Waals surface area contributed by atoms with E-state index in [1.54, 1.807) is 0 Å². The third-order valence-electron chi connectivity index (χ3n) is 5.79. The fourth-order valence-electron chi connectivity index (χ4n) is 3.97. The monoisotopic (exact) mass is 549 g/mol. The molecule has 2 unspecified atom stereocenters. The molecule has 2 atom stereocenters. The highest BCUT2D eigenvalue weighted by Crippen LogP contribution is 2.31. The Labute approximate surface area is 209 Å². The number of hydrogen-bond donors (Lipinski definition) is 3. The smallest absolute Gasteiger partial charge is 0.225 e. The number of carbonyl (C=O) groups excluding carboxylic acids is 1. The first-order valence-electron chi connectivity index (χ1n) is 11.2. The molecule has 6 nitrogen and oxygen atoms in total. The number of nitrogens with one attached hydrogen (secondary N) is 3. The molecule has 0 fully saturated rings. The summed E-state index contributed by atoms with van der Waals surface area (Å²) >= 11 is 0. The molecule has 0 saturated carbocycles. The molecule has 1 aliphatic heterocycles. The van der Waals surface area contributed by atoms with Crippen molar-refractivity contribution in [3.05, 3.63) is 65.2 Å². The number of amides is 1. The number of likely N-dealkylation sites (N-methyl/N-ethyl adjacent to an activating group) is 1. The summed E-state index contributed by atoms with van der Waals surface area (Å²) in [5.74, 6) is 0.971. The molecule has 32 heavy (non-hydrogen) atoms. The van der Waals surface area contributed by atoms with Gasteiger partial charge in [0.25, 0.3) is 0 Å². The number of hydrogen-bond acceptors (Lipinski definition) is 3. The van der Waals surface area contributed by atoms with Gasteiger partial charge in [-0.2, -0.15) is 0 Å². The predicted molar refractivity (Wildman–Crippen MR) is 144 cm³/mol. The highest BCUT2D eigenvalue weighted by atomic mass is 127. The van der Waals surface area contributed by atoms with Gasteiger partial charge in [-0.15, -0.1) is 24.0 Å². The average molecular weight is 550 g/mol. The molecule has 0 aliphatic carbocycles. The topological polar surface area (TPSA) is 68.8 Å². The zero-order valence-corrected chi connectivity index (χ0v) is 21.9. The molecule has 3 rings (SSSR count). The Bertz CT molecular complexity index is 897. The SMILES string of the molecule is CCNC(=NCC(c1ccc(CC)cc1)N(C)C)NCC1CC(=O)Nc2ccccc21.I. The van der Waals surface area contributed by atoms with Gasteiger partial charge in [0.1, 0.15) is 0 Å². The van der Waals surface area contributed by atoms with Crippen LogP contribution in [-0.2, 0) is 11.2 Å². The van der Waals surface area contributed by atoms with Crippen molar-refractivity contribution >= 4 is 41.5 Å². The van der Waals surface area contributed by atoms with E-state index in [0.29, 0.717) is 19.5 Å². The third kappa shape index (κ3) is 6.93. The number of guanidine groups is 1. The van der Waals surface area contributed by atoms with Crippen molar-refractivity contribution in [3.8, 4) is 0 Å². The summed E-state index contributed by atoms with van der Waals surface area (Å²) in [6.07, 6.45) is 1.52. The Balaban J connectivity index is 0.00000363. The maximum atomic E-state index is 12.1. The van der Waals surface area contributed by atoms with Crippen molar-refractivity contribution in [3.63, 3.8) is 0 Å². The zero-order chi connectivity index (χ0) is 22.2. The fourth-order valence-corrected chi connectivity index (χ4v) is 3.97. The first kappa shape index (κ1) is 26.1. The Morgan fingerprint density at radius 3 is 2.50 bits per heavy atom. The van der Waals surface area contributed by atoms with E-state index < -0.39 is 0 Å². The van der Waals surface area contributed by atoms with Crippen LogP contribution < -0.4 is 16.0 Å². The van der Waals surface area contributed by atoms with Gasteiger partial charge in [0.2, 0.25) is 5.91 Å². The van der Waals surface area contributed by atoms with Gasteiger partial charge in [-0.05, 0) is 50.2 Å². The van der Waals surface area contributed by atoms with Gasteiger partial charge in [-0.1, -0.05) is 49.4 Å². The Morgan fingerprint density at radius 2 is 1.84 bits per heavy atom. The van der Waals surface area contributed by atoms with E-state index in [0.717, 1.165) is 24.6 Å². The second-order valence-electron chi connectivity index (χ2n) is 8.21. The molecule has 174 valence electrons. The van der Waals surface area contributed by atoms with Crippen molar-refractivity contribution in [2.75, 3.05) is 39.0 Å². The summed E-state index contributed by atoms with van der Waals surface area (Å²) in [7, 11) is 4.18. The first-order valence-corrected chi connectivity index (χ1v) is 11.2. The molecule has 0 bridgehead atoms. The molecule has 2 aromatic rings. The second kappa shape index (κ2) is 12.8. The van der Waals surface area contributed by atoms with Gasteiger partial charge in [0.15, 0.2) is 5.96 Å². The summed E-state index contributed by atoms with van der Waals surface area (Å²) in [5.41, 5.74) is 4.69. The Kier molecular flexibility index (Phi) is 10.4. The molecule has 3 N–H and O–H groups in total. The van der Waals surface area contributed by atoms with Crippen LogP contribution in [0.15, 0.2) is 53.5 Å². The number of rotatable bonds is 8. The zero-order valence-electron chi connectivity index (χ0n) is 19.5. The van der Waals surface area contributed by atoms with E-state index >= 15 is 0 Å². The number of fused-ring (bicyclic) bond motifs is 1. The van der Waals surface area contributed by atoms with Crippen LogP contribution in [-0.4, -0.2) is 50.5 Å². The van der Waals surface area contributed by atoms with E-state index in [9.17, 15) is 4.79 Å². The van der Waals surface area contributed by atoms with Gasteiger partial charge in [0, 0.05) is 31.1 Å². The Hall–Kier alpha value is -2.13. The second-order valence-corrected chi connectivity index (χ2v) is 8.21. The number of para-hydroxylation sites is 1. The maximum Gasteiger partial charge on any atom is 0.225 e. The van der Waals surface area contributed by atoms with Crippen molar-refractivity contribution in [1.29, 1.82) is 0 Å². The summed E-state index contributed by atoms with van der Waals surface area (Å²) in [5, 5.41) is 9.76. The fraction of sp³-hybridized carbons (Fsp3) is 0.440. The van der Waals surface area contributed by atoms with Crippen LogP contribution >= 0.6 is 24.0 Å². The van der Waals surface area contributed by atoms with Crippen LogP contribution in [0, 0.1) is 0 Å². The normalized spacial score (nSPS) is 16.6. The van der Waals surface area contributed by atoms with Crippen LogP contribution in [0.5, 0.6) is 0 Å². The molecule has 1 amide bonds. The molecule has 1 heterocycles. The van der Waals surface area contributed by atoms with E-state index in [1.807, 2.05) is 18.2 Å². The standard InChI is InChI=1S/C25H35N5O.HI/c1-5-18-11-13-19(14-12-18)23(30(3)4)17-28-25(26-6-2)27-16-20-15-24(31)29-22-10-8-7-9-21(20)22;/h7-14,20,23H,5-6,15-17H2,1-4H3,(H,29,31)(H2,26,27,28);1H. The molecule has 0 spiro atoms. The van der Waals surface area contributed by atoms with Gasteiger partial charge in [0.05, 0.1) is 12.6 Å². The molecule has 0 saturated heterocycles. The van der Waals surface area contributed by atoms with Crippen molar-refractivity contribution in [2.24, 2.45) is 4.99 Å². The van der Waals surface area contributed by atoms with Crippen LogP contribution in [0.2, 0.25) is 0 Å². The quantitative estimate of drug-likeness (QED) is 0.263. The minimum Gasteiger partial charge on any atom is -0.357 e. The predicted octanol–water partition coefficient (Wildman–Crippen LogP) is 4.15. The maximum absolute atomic E-state index is 12.1. The number of aliphatic imine (C=N–C) groups is 1. The molecule has 7 heteroatoms. The summed E-state index contributed by atoms with van der Waals surface area (Å²) in [4.78, 5) is 19.2. The highest BCUT2D eigenvalue weighted by Gasteiger charge is 2.24. The lowest BCUT2D eigenvalue weighted by Crippen LogP contribution is -2.41. The van der Waals surface area contributed by atoms with Gasteiger partial charge < -0.3 is 20.9 Å². The van der Waals surface area contributed by atoms with Crippen LogP contribution in [0.1, 0.15) is 48.9 Å². The lowest BCUT2D eigenvalue weighted by molar-refractivity contribution is -0.116.